The van der Waals surface area contributed by atoms with E-state index in [1.54, 1.807) is 11.3 Å². The number of carbonyl (C=O) groups excluding carboxylic acids is 1. The zero-order chi connectivity index (χ0) is 15.8. The highest BCUT2D eigenvalue weighted by molar-refractivity contribution is 7.09. The first-order valence-electron chi connectivity index (χ1n) is 8.14. The number of aryl methyl sites for hydroxylation is 1. The molecule has 2 atom stereocenters. The minimum atomic E-state index is -0.118. The standard InChI is InChI=1S/C18H20N2O2S/c1-11-10-23-18(19-11)16(12-6-7-12)20-17(21)14-8-13-4-2-3-5-15(13)22-9-14/h2-5,10,12,14,16H,6-9H2,1H3,(H,20,21)/t14-,16+/m1/s1. The molecule has 2 heterocycles. The molecule has 120 valence electrons. The summed E-state index contributed by atoms with van der Waals surface area (Å²) in [5, 5.41) is 6.33. The van der Waals surface area contributed by atoms with Crippen molar-refractivity contribution in [2.24, 2.45) is 11.8 Å². The largest absolute Gasteiger partial charge is 0.492 e. The fourth-order valence-electron chi connectivity index (χ4n) is 3.09. The van der Waals surface area contributed by atoms with E-state index in [2.05, 4.69) is 15.7 Å². The molecule has 0 spiro atoms. The SMILES string of the molecule is Cc1csc([C@@H](NC(=O)[C@H]2COc3ccccc3C2)C2CC2)n1. The highest BCUT2D eigenvalue weighted by atomic mass is 32.1. The molecular weight excluding hydrogens is 308 g/mol. The van der Waals surface area contributed by atoms with Gasteiger partial charge in [-0.25, -0.2) is 4.98 Å². The van der Waals surface area contributed by atoms with E-state index in [-0.39, 0.29) is 17.9 Å². The fourth-order valence-corrected chi connectivity index (χ4v) is 4.03. The molecule has 4 rings (SSSR count). The Morgan fingerprint density at radius 1 is 1.39 bits per heavy atom. The number of fused-ring (bicyclic) bond motifs is 1. The van der Waals surface area contributed by atoms with Gasteiger partial charge in [0.25, 0.3) is 0 Å². The van der Waals surface area contributed by atoms with E-state index in [4.69, 9.17) is 4.74 Å². The normalized spacial score (nSPS) is 21.2. The van der Waals surface area contributed by atoms with E-state index < -0.39 is 0 Å². The predicted molar refractivity (Wildman–Crippen MR) is 89.6 cm³/mol. The summed E-state index contributed by atoms with van der Waals surface area (Å²) in [6.45, 7) is 2.45. The molecule has 0 bridgehead atoms. The van der Waals surface area contributed by atoms with Gasteiger partial charge in [-0.05, 0) is 43.7 Å². The monoisotopic (exact) mass is 328 g/mol. The smallest absolute Gasteiger partial charge is 0.227 e. The van der Waals surface area contributed by atoms with Crippen molar-refractivity contribution >= 4 is 17.2 Å². The van der Waals surface area contributed by atoms with E-state index in [9.17, 15) is 4.79 Å². The highest BCUT2D eigenvalue weighted by Gasteiger charge is 2.37. The van der Waals surface area contributed by atoms with Crippen molar-refractivity contribution < 1.29 is 9.53 Å². The van der Waals surface area contributed by atoms with Gasteiger partial charge in [-0.3, -0.25) is 4.79 Å². The Bertz CT molecular complexity index is 723. The molecule has 1 aromatic carbocycles. The number of para-hydroxylation sites is 1. The van der Waals surface area contributed by atoms with Crippen LogP contribution in [0.2, 0.25) is 0 Å². The zero-order valence-corrected chi connectivity index (χ0v) is 13.9. The van der Waals surface area contributed by atoms with E-state index in [0.29, 0.717) is 12.5 Å². The number of hydrogen-bond acceptors (Lipinski definition) is 4. The van der Waals surface area contributed by atoms with Crippen molar-refractivity contribution in [3.63, 3.8) is 0 Å². The molecule has 1 aromatic heterocycles. The topological polar surface area (TPSA) is 51.2 Å². The molecule has 2 aromatic rings. The van der Waals surface area contributed by atoms with Crippen LogP contribution in [0, 0.1) is 18.8 Å². The van der Waals surface area contributed by atoms with Gasteiger partial charge in [0, 0.05) is 11.1 Å². The van der Waals surface area contributed by atoms with Crippen molar-refractivity contribution in [1.82, 2.24) is 10.3 Å². The number of carbonyl (C=O) groups is 1. The van der Waals surface area contributed by atoms with Crippen molar-refractivity contribution in [3.8, 4) is 5.75 Å². The van der Waals surface area contributed by atoms with Gasteiger partial charge in [-0.1, -0.05) is 18.2 Å². The number of amides is 1. The lowest BCUT2D eigenvalue weighted by molar-refractivity contribution is -0.127. The van der Waals surface area contributed by atoms with Crippen LogP contribution in [-0.2, 0) is 11.2 Å². The summed E-state index contributed by atoms with van der Waals surface area (Å²) in [6.07, 6.45) is 3.09. The van der Waals surface area contributed by atoms with Crippen LogP contribution in [0.1, 0.15) is 35.1 Å². The van der Waals surface area contributed by atoms with Crippen LogP contribution in [0.5, 0.6) is 5.75 Å². The lowest BCUT2D eigenvalue weighted by Gasteiger charge is -2.26. The maximum absolute atomic E-state index is 12.7. The first-order valence-corrected chi connectivity index (χ1v) is 9.02. The molecule has 1 aliphatic heterocycles. The Morgan fingerprint density at radius 3 is 2.96 bits per heavy atom. The molecule has 0 unspecified atom stereocenters. The van der Waals surface area contributed by atoms with Crippen molar-refractivity contribution in [1.29, 1.82) is 0 Å². The Kier molecular flexibility index (Phi) is 3.81. The van der Waals surface area contributed by atoms with Gasteiger partial charge in [0.05, 0.1) is 12.0 Å². The molecular formula is C18H20N2O2S. The molecule has 1 N–H and O–H groups in total. The maximum atomic E-state index is 12.7. The second-order valence-electron chi connectivity index (χ2n) is 6.47. The van der Waals surface area contributed by atoms with E-state index in [1.807, 2.05) is 31.2 Å². The Labute approximate surface area is 139 Å². The third kappa shape index (κ3) is 3.11. The molecule has 5 heteroatoms. The molecule has 4 nitrogen and oxygen atoms in total. The lowest BCUT2D eigenvalue weighted by Crippen LogP contribution is -2.39. The average Bonchev–Trinajstić information content (AvgIpc) is 3.33. The van der Waals surface area contributed by atoms with Crippen LogP contribution in [0.25, 0.3) is 0 Å². The van der Waals surface area contributed by atoms with Gasteiger partial charge >= 0.3 is 0 Å². The first kappa shape index (κ1) is 14.7. The lowest BCUT2D eigenvalue weighted by atomic mass is 9.95. The van der Waals surface area contributed by atoms with Crippen LogP contribution in [-0.4, -0.2) is 17.5 Å². The summed E-state index contributed by atoms with van der Waals surface area (Å²) in [5.74, 6) is 1.42. The number of aromatic nitrogens is 1. The Hall–Kier alpha value is -1.88. The van der Waals surface area contributed by atoms with E-state index in [0.717, 1.165) is 28.4 Å². The molecule has 2 aliphatic rings. The molecule has 23 heavy (non-hydrogen) atoms. The van der Waals surface area contributed by atoms with Crippen molar-refractivity contribution in [2.75, 3.05) is 6.61 Å². The Morgan fingerprint density at radius 2 is 2.22 bits per heavy atom. The third-order valence-electron chi connectivity index (χ3n) is 4.54. The third-order valence-corrected chi connectivity index (χ3v) is 5.59. The summed E-state index contributed by atoms with van der Waals surface area (Å²) in [7, 11) is 0. The van der Waals surface area contributed by atoms with Crippen molar-refractivity contribution in [2.45, 2.75) is 32.2 Å². The highest BCUT2D eigenvalue weighted by Crippen LogP contribution is 2.42. The number of nitrogens with zero attached hydrogens (tertiary/aromatic N) is 1. The van der Waals surface area contributed by atoms with Gasteiger partial charge < -0.3 is 10.1 Å². The summed E-state index contributed by atoms with van der Waals surface area (Å²) >= 11 is 1.65. The number of rotatable bonds is 4. The number of hydrogen-bond donors (Lipinski definition) is 1. The van der Waals surface area contributed by atoms with Gasteiger partial charge in [0.1, 0.15) is 17.4 Å². The second kappa shape index (κ2) is 5.96. The van der Waals surface area contributed by atoms with Gasteiger partial charge in [-0.15, -0.1) is 11.3 Å². The number of thiazole rings is 1. The fraction of sp³-hybridized carbons (Fsp3) is 0.444. The summed E-state index contributed by atoms with van der Waals surface area (Å²) in [5.41, 5.74) is 2.15. The molecule has 0 saturated heterocycles. The first-order chi connectivity index (χ1) is 11.2. The summed E-state index contributed by atoms with van der Waals surface area (Å²) in [6, 6.07) is 8.03. The Balaban J connectivity index is 1.47. The number of benzene rings is 1. The molecule has 1 amide bonds. The van der Waals surface area contributed by atoms with Crippen LogP contribution < -0.4 is 10.1 Å². The predicted octanol–water partition coefficient (Wildman–Crippen LogP) is 3.27. The maximum Gasteiger partial charge on any atom is 0.227 e. The van der Waals surface area contributed by atoms with E-state index in [1.165, 1.54) is 12.8 Å². The van der Waals surface area contributed by atoms with Crippen LogP contribution in [0.3, 0.4) is 0 Å². The molecule has 1 aliphatic carbocycles. The zero-order valence-electron chi connectivity index (χ0n) is 13.1. The van der Waals surface area contributed by atoms with Gasteiger partial charge in [0.15, 0.2) is 0 Å². The van der Waals surface area contributed by atoms with E-state index >= 15 is 0 Å². The molecule has 0 radical (unpaired) electrons. The van der Waals surface area contributed by atoms with Gasteiger partial charge in [-0.2, -0.15) is 0 Å². The summed E-state index contributed by atoms with van der Waals surface area (Å²) < 4.78 is 5.75. The number of nitrogens with one attached hydrogen (secondary N) is 1. The summed E-state index contributed by atoms with van der Waals surface area (Å²) in [4.78, 5) is 17.3. The van der Waals surface area contributed by atoms with Crippen LogP contribution >= 0.6 is 11.3 Å². The number of ether oxygens (including phenoxy) is 1. The minimum Gasteiger partial charge on any atom is -0.492 e. The van der Waals surface area contributed by atoms with Gasteiger partial charge in [0.2, 0.25) is 5.91 Å². The quantitative estimate of drug-likeness (QED) is 0.937. The molecule has 1 fully saturated rings. The van der Waals surface area contributed by atoms with Crippen LogP contribution in [0.15, 0.2) is 29.6 Å². The molecule has 1 saturated carbocycles. The second-order valence-corrected chi connectivity index (χ2v) is 7.36. The minimum absolute atomic E-state index is 0.0679. The van der Waals surface area contributed by atoms with Crippen LogP contribution in [0.4, 0.5) is 0 Å². The average molecular weight is 328 g/mol. The van der Waals surface area contributed by atoms with Crippen molar-refractivity contribution in [3.05, 3.63) is 45.9 Å².